The highest BCUT2D eigenvalue weighted by Gasteiger charge is 2.24. The first-order valence-corrected chi connectivity index (χ1v) is 6.29. The van der Waals surface area contributed by atoms with Gasteiger partial charge in [-0.1, -0.05) is 19.1 Å². The molecule has 1 aromatic carbocycles. The number of hydrogen-bond donors (Lipinski definition) is 2. The lowest BCUT2D eigenvalue weighted by molar-refractivity contribution is 0.0971. The fourth-order valence-electron chi connectivity index (χ4n) is 2.33. The molecule has 17 heavy (non-hydrogen) atoms. The average Bonchev–Trinajstić information content (AvgIpc) is 2.33. The van der Waals surface area contributed by atoms with E-state index in [-0.39, 0.29) is 6.10 Å². The molecule has 0 amide bonds. The number of piperidine rings is 1. The third-order valence-electron chi connectivity index (χ3n) is 3.60. The van der Waals surface area contributed by atoms with Crippen molar-refractivity contribution in [3.05, 3.63) is 29.8 Å². The highest BCUT2D eigenvalue weighted by Crippen LogP contribution is 2.24. The van der Waals surface area contributed by atoms with Gasteiger partial charge in [-0.15, -0.1) is 0 Å². The van der Waals surface area contributed by atoms with Gasteiger partial charge in [0.2, 0.25) is 0 Å². The van der Waals surface area contributed by atoms with Crippen molar-refractivity contribution in [2.45, 2.75) is 32.5 Å². The second-order valence-corrected chi connectivity index (χ2v) is 5.05. The Morgan fingerprint density at radius 3 is 2.47 bits per heavy atom. The van der Waals surface area contributed by atoms with Gasteiger partial charge in [0, 0.05) is 18.8 Å². The number of benzene rings is 1. The van der Waals surface area contributed by atoms with Gasteiger partial charge in [0.25, 0.3) is 0 Å². The van der Waals surface area contributed by atoms with E-state index in [1.807, 2.05) is 24.3 Å². The lowest BCUT2D eigenvalue weighted by Crippen LogP contribution is -2.41. The van der Waals surface area contributed by atoms with Gasteiger partial charge in [-0.05, 0) is 37.0 Å². The van der Waals surface area contributed by atoms with Crippen LogP contribution in [-0.2, 0) is 0 Å². The standard InChI is InChI=1S/C14H21NO2/c1-10-9-15(8-7-14(10)17)13-5-3-12(4-6-13)11(2)16/h3-6,10-11,14,16-17H,7-9H2,1-2H3/t10?,11-,14?/m0/s1. The van der Waals surface area contributed by atoms with Crippen molar-refractivity contribution in [1.29, 1.82) is 0 Å². The second-order valence-electron chi connectivity index (χ2n) is 5.05. The monoisotopic (exact) mass is 235 g/mol. The molecule has 2 N–H and O–H groups in total. The Morgan fingerprint density at radius 2 is 1.94 bits per heavy atom. The maximum Gasteiger partial charge on any atom is 0.0761 e. The minimum Gasteiger partial charge on any atom is -0.393 e. The number of anilines is 1. The van der Waals surface area contributed by atoms with Gasteiger partial charge in [-0.2, -0.15) is 0 Å². The predicted molar refractivity (Wildman–Crippen MR) is 69.1 cm³/mol. The molecule has 0 aromatic heterocycles. The largest absolute Gasteiger partial charge is 0.393 e. The van der Waals surface area contributed by atoms with Crippen LogP contribution in [0.5, 0.6) is 0 Å². The molecule has 1 aliphatic rings. The van der Waals surface area contributed by atoms with Gasteiger partial charge in [0.1, 0.15) is 0 Å². The van der Waals surface area contributed by atoms with Crippen LogP contribution in [0.25, 0.3) is 0 Å². The van der Waals surface area contributed by atoms with Crippen molar-refractivity contribution >= 4 is 5.69 Å². The van der Waals surface area contributed by atoms with Gasteiger partial charge < -0.3 is 15.1 Å². The third-order valence-corrected chi connectivity index (χ3v) is 3.60. The minimum atomic E-state index is -0.411. The molecule has 3 atom stereocenters. The predicted octanol–water partition coefficient (Wildman–Crippen LogP) is 1.95. The number of aliphatic hydroxyl groups excluding tert-OH is 2. The first-order chi connectivity index (χ1) is 8.08. The summed E-state index contributed by atoms with van der Waals surface area (Å²) in [5, 5.41) is 19.2. The summed E-state index contributed by atoms with van der Waals surface area (Å²) in [4.78, 5) is 2.29. The van der Waals surface area contributed by atoms with Crippen LogP contribution in [0.4, 0.5) is 5.69 Å². The zero-order valence-corrected chi connectivity index (χ0v) is 10.5. The van der Waals surface area contributed by atoms with Crippen LogP contribution < -0.4 is 4.90 Å². The van der Waals surface area contributed by atoms with E-state index in [0.717, 1.165) is 25.1 Å². The van der Waals surface area contributed by atoms with E-state index in [9.17, 15) is 10.2 Å². The van der Waals surface area contributed by atoms with Crippen LogP contribution in [0.3, 0.4) is 0 Å². The van der Waals surface area contributed by atoms with E-state index in [4.69, 9.17) is 0 Å². The van der Waals surface area contributed by atoms with E-state index in [1.165, 1.54) is 5.69 Å². The van der Waals surface area contributed by atoms with E-state index >= 15 is 0 Å². The molecule has 3 heteroatoms. The number of rotatable bonds is 2. The zero-order chi connectivity index (χ0) is 12.4. The van der Waals surface area contributed by atoms with Gasteiger partial charge in [0.15, 0.2) is 0 Å². The van der Waals surface area contributed by atoms with E-state index in [1.54, 1.807) is 6.92 Å². The van der Waals surface area contributed by atoms with Gasteiger partial charge in [-0.25, -0.2) is 0 Å². The molecule has 3 nitrogen and oxygen atoms in total. The lowest BCUT2D eigenvalue weighted by atomic mass is 9.96. The molecular weight excluding hydrogens is 214 g/mol. The molecule has 1 heterocycles. The first kappa shape index (κ1) is 12.4. The van der Waals surface area contributed by atoms with Crippen LogP contribution in [-0.4, -0.2) is 29.4 Å². The smallest absolute Gasteiger partial charge is 0.0761 e. The lowest BCUT2D eigenvalue weighted by Gasteiger charge is -2.36. The molecule has 0 radical (unpaired) electrons. The minimum absolute atomic E-state index is 0.164. The Hall–Kier alpha value is -1.06. The maximum absolute atomic E-state index is 9.70. The zero-order valence-electron chi connectivity index (χ0n) is 10.5. The van der Waals surface area contributed by atoms with Crippen molar-refractivity contribution in [1.82, 2.24) is 0 Å². The van der Waals surface area contributed by atoms with Crippen molar-refractivity contribution in [3.63, 3.8) is 0 Å². The molecule has 2 unspecified atom stereocenters. The Morgan fingerprint density at radius 1 is 1.29 bits per heavy atom. The quantitative estimate of drug-likeness (QED) is 0.823. The summed E-state index contributed by atoms with van der Waals surface area (Å²) >= 11 is 0. The van der Waals surface area contributed by atoms with Crippen molar-refractivity contribution < 1.29 is 10.2 Å². The van der Waals surface area contributed by atoms with E-state index in [0.29, 0.717) is 5.92 Å². The van der Waals surface area contributed by atoms with Crippen molar-refractivity contribution in [3.8, 4) is 0 Å². The van der Waals surface area contributed by atoms with Gasteiger partial charge in [0.05, 0.1) is 12.2 Å². The summed E-state index contributed by atoms with van der Waals surface area (Å²) < 4.78 is 0. The van der Waals surface area contributed by atoms with Crippen LogP contribution in [0.15, 0.2) is 24.3 Å². The molecule has 2 rings (SSSR count). The molecule has 1 aromatic rings. The van der Waals surface area contributed by atoms with Gasteiger partial charge in [-0.3, -0.25) is 0 Å². The Kier molecular flexibility index (Phi) is 3.69. The number of nitrogens with zero attached hydrogens (tertiary/aromatic N) is 1. The van der Waals surface area contributed by atoms with Crippen LogP contribution in [0.1, 0.15) is 31.9 Å². The van der Waals surface area contributed by atoms with Crippen LogP contribution in [0.2, 0.25) is 0 Å². The van der Waals surface area contributed by atoms with Crippen molar-refractivity contribution in [2.75, 3.05) is 18.0 Å². The topological polar surface area (TPSA) is 43.7 Å². The molecule has 0 aliphatic carbocycles. The fourth-order valence-corrected chi connectivity index (χ4v) is 2.33. The Bertz CT molecular complexity index is 361. The van der Waals surface area contributed by atoms with Crippen molar-refractivity contribution in [2.24, 2.45) is 5.92 Å². The summed E-state index contributed by atoms with van der Waals surface area (Å²) in [6.45, 7) is 5.66. The summed E-state index contributed by atoms with van der Waals surface area (Å²) in [6, 6.07) is 8.03. The second kappa shape index (κ2) is 5.07. The average molecular weight is 235 g/mol. The number of hydrogen-bond acceptors (Lipinski definition) is 3. The Labute approximate surface area is 103 Å². The summed E-state index contributed by atoms with van der Waals surface area (Å²) in [5.41, 5.74) is 2.12. The Balaban J connectivity index is 2.07. The highest BCUT2D eigenvalue weighted by atomic mass is 16.3. The third kappa shape index (κ3) is 2.79. The molecule has 0 spiro atoms. The summed E-state index contributed by atoms with van der Waals surface area (Å²) in [7, 11) is 0. The highest BCUT2D eigenvalue weighted by molar-refractivity contribution is 5.48. The molecule has 0 bridgehead atoms. The molecule has 1 fully saturated rings. The molecular formula is C14H21NO2. The van der Waals surface area contributed by atoms with Gasteiger partial charge >= 0.3 is 0 Å². The summed E-state index contributed by atoms with van der Waals surface area (Å²) in [5.74, 6) is 0.320. The van der Waals surface area contributed by atoms with Crippen LogP contribution >= 0.6 is 0 Å². The van der Waals surface area contributed by atoms with Crippen LogP contribution in [0, 0.1) is 5.92 Å². The SMILES string of the molecule is CC1CN(c2ccc([C@H](C)O)cc2)CCC1O. The molecule has 1 saturated heterocycles. The van der Waals surface area contributed by atoms with E-state index < -0.39 is 6.10 Å². The normalized spacial score (nSPS) is 26.9. The maximum atomic E-state index is 9.70. The molecule has 0 saturated carbocycles. The molecule has 94 valence electrons. The first-order valence-electron chi connectivity index (χ1n) is 6.29. The fraction of sp³-hybridized carbons (Fsp3) is 0.571. The molecule has 1 aliphatic heterocycles. The summed E-state index contributed by atoms with van der Waals surface area (Å²) in [6.07, 6.45) is 0.258. The number of aliphatic hydroxyl groups is 2. The van der Waals surface area contributed by atoms with E-state index in [2.05, 4.69) is 11.8 Å².